The van der Waals surface area contributed by atoms with E-state index in [2.05, 4.69) is 10.6 Å². The van der Waals surface area contributed by atoms with Crippen molar-refractivity contribution in [1.29, 1.82) is 0 Å². The highest BCUT2D eigenvalue weighted by molar-refractivity contribution is 5.92. The van der Waals surface area contributed by atoms with E-state index < -0.39 is 23.2 Å². The number of rotatable bonds is 5. The lowest BCUT2D eigenvalue weighted by Gasteiger charge is -2.09. The van der Waals surface area contributed by atoms with Crippen LogP contribution in [0.1, 0.15) is 5.56 Å². The minimum absolute atomic E-state index is 0.0811. The minimum Gasteiger partial charge on any atom is -0.454 e. The van der Waals surface area contributed by atoms with Gasteiger partial charge in [0.2, 0.25) is 12.7 Å². The largest absolute Gasteiger partial charge is 0.454 e. The van der Waals surface area contributed by atoms with Crippen molar-refractivity contribution < 1.29 is 23.0 Å². The van der Waals surface area contributed by atoms with Crippen molar-refractivity contribution in [3.05, 3.63) is 53.6 Å². The van der Waals surface area contributed by atoms with E-state index >= 15 is 0 Å². The standard InChI is InChI=1S/C16H14F2N2O3/c17-11-2-1-3-12(18)16(11)20-15(21)8-19-7-10-4-5-13-14(6-10)23-9-22-13/h1-6,19H,7-9H2,(H,20,21). The summed E-state index contributed by atoms with van der Waals surface area (Å²) in [5.74, 6) is -0.818. The zero-order chi connectivity index (χ0) is 16.2. The first kappa shape index (κ1) is 15.2. The Balaban J connectivity index is 1.51. The highest BCUT2D eigenvalue weighted by atomic mass is 19.1. The second-order valence-electron chi connectivity index (χ2n) is 4.94. The first-order valence-corrected chi connectivity index (χ1v) is 6.96. The van der Waals surface area contributed by atoms with E-state index in [1.54, 1.807) is 6.07 Å². The molecule has 0 unspecified atom stereocenters. The third-order valence-corrected chi connectivity index (χ3v) is 3.28. The molecule has 2 aromatic rings. The summed E-state index contributed by atoms with van der Waals surface area (Å²) in [4.78, 5) is 11.7. The van der Waals surface area contributed by atoms with E-state index in [0.29, 0.717) is 18.0 Å². The van der Waals surface area contributed by atoms with E-state index in [-0.39, 0.29) is 13.3 Å². The molecule has 1 heterocycles. The van der Waals surface area contributed by atoms with E-state index in [9.17, 15) is 13.6 Å². The van der Waals surface area contributed by atoms with E-state index in [1.807, 2.05) is 12.1 Å². The summed E-state index contributed by atoms with van der Waals surface area (Å²) in [5, 5.41) is 5.11. The van der Waals surface area contributed by atoms with E-state index in [0.717, 1.165) is 17.7 Å². The normalized spacial score (nSPS) is 12.3. The number of anilines is 1. The Morgan fingerprint density at radius 1 is 1.09 bits per heavy atom. The van der Waals surface area contributed by atoms with Crippen LogP contribution in [-0.4, -0.2) is 19.2 Å². The van der Waals surface area contributed by atoms with Crippen LogP contribution in [0.4, 0.5) is 14.5 Å². The molecule has 0 spiro atoms. The monoisotopic (exact) mass is 320 g/mol. The summed E-state index contributed by atoms with van der Waals surface area (Å²) in [6, 6.07) is 8.84. The number of carbonyl (C=O) groups is 1. The van der Waals surface area contributed by atoms with Gasteiger partial charge in [-0.1, -0.05) is 12.1 Å². The molecule has 0 aromatic heterocycles. The van der Waals surface area contributed by atoms with Gasteiger partial charge >= 0.3 is 0 Å². The van der Waals surface area contributed by atoms with Gasteiger partial charge in [-0.2, -0.15) is 0 Å². The number of hydrogen-bond donors (Lipinski definition) is 2. The van der Waals surface area contributed by atoms with Crippen molar-refractivity contribution in [3.63, 3.8) is 0 Å². The molecule has 7 heteroatoms. The number of benzene rings is 2. The molecular formula is C16H14F2N2O3. The number of fused-ring (bicyclic) bond motifs is 1. The van der Waals surface area contributed by atoms with E-state index in [1.165, 1.54) is 6.07 Å². The highest BCUT2D eigenvalue weighted by Gasteiger charge is 2.14. The molecule has 0 aliphatic carbocycles. The molecule has 0 fully saturated rings. The van der Waals surface area contributed by atoms with E-state index in [4.69, 9.17) is 9.47 Å². The average Bonchev–Trinajstić information content (AvgIpc) is 2.99. The predicted octanol–water partition coefficient (Wildman–Crippen LogP) is 2.42. The van der Waals surface area contributed by atoms with Gasteiger partial charge < -0.3 is 20.1 Å². The number of para-hydroxylation sites is 1. The maximum absolute atomic E-state index is 13.4. The molecular weight excluding hydrogens is 306 g/mol. The Kier molecular flexibility index (Phi) is 4.38. The predicted molar refractivity (Wildman–Crippen MR) is 79.3 cm³/mol. The maximum atomic E-state index is 13.4. The molecule has 3 rings (SSSR count). The molecule has 0 radical (unpaired) electrons. The van der Waals surface area contributed by atoms with Gasteiger partial charge in [-0.3, -0.25) is 4.79 Å². The number of halogens is 2. The van der Waals surface area contributed by atoms with Crippen molar-refractivity contribution in [2.45, 2.75) is 6.54 Å². The number of carbonyl (C=O) groups excluding carboxylic acids is 1. The molecule has 1 amide bonds. The molecule has 0 atom stereocenters. The Bertz CT molecular complexity index is 717. The summed E-state index contributed by atoms with van der Waals surface area (Å²) >= 11 is 0. The van der Waals surface area contributed by atoms with Crippen LogP contribution in [0.5, 0.6) is 11.5 Å². The van der Waals surface area contributed by atoms with Gasteiger partial charge in [0, 0.05) is 6.54 Å². The van der Waals surface area contributed by atoms with Crippen molar-refractivity contribution in [2.75, 3.05) is 18.7 Å². The van der Waals surface area contributed by atoms with Crippen molar-refractivity contribution in [2.24, 2.45) is 0 Å². The second kappa shape index (κ2) is 6.62. The number of nitrogens with one attached hydrogen (secondary N) is 2. The quantitative estimate of drug-likeness (QED) is 0.888. The molecule has 23 heavy (non-hydrogen) atoms. The molecule has 0 saturated carbocycles. The fraction of sp³-hybridized carbons (Fsp3) is 0.188. The average molecular weight is 320 g/mol. The maximum Gasteiger partial charge on any atom is 0.238 e. The van der Waals surface area contributed by atoms with Crippen LogP contribution in [0.15, 0.2) is 36.4 Å². The molecule has 120 valence electrons. The lowest BCUT2D eigenvalue weighted by molar-refractivity contribution is -0.115. The Hall–Kier alpha value is -2.67. The molecule has 0 bridgehead atoms. The smallest absolute Gasteiger partial charge is 0.238 e. The van der Waals surface area contributed by atoms with Crippen LogP contribution >= 0.6 is 0 Å². The third kappa shape index (κ3) is 3.57. The first-order chi connectivity index (χ1) is 11.1. The number of amides is 1. The third-order valence-electron chi connectivity index (χ3n) is 3.28. The van der Waals surface area contributed by atoms with Gasteiger partial charge in [-0.25, -0.2) is 8.78 Å². The zero-order valence-electron chi connectivity index (χ0n) is 12.1. The zero-order valence-corrected chi connectivity index (χ0v) is 12.1. The Morgan fingerprint density at radius 3 is 2.61 bits per heavy atom. The summed E-state index contributed by atoms with van der Waals surface area (Å²) in [6.07, 6.45) is 0. The topological polar surface area (TPSA) is 59.6 Å². The van der Waals surface area contributed by atoms with Gasteiger partial charge in [0.05, 0.1) is 6.54 Å². The summed E-state index contributed by atoms with van der Waals surface area (Å²) < 4.78 is 37.3. The number of hydrogen-bond acceptors (Lipinski definition) is 4. The fourth-order valence-electron chi connectivity index (χ4n) is 2.17. The van der Waals surface area contributed by atoms with Crippen molar-refractivity contribution >= 4 is 11.6 Å². The molecule has 0 saturated heterocycles. The van der Waals surface area contributed by atoms with Crippen LogP contribution < -0.4 is 20.1 Å². The Labute approximate surface area is 131 Å². The highest BCUT2D eigenvalue weighted by Crippen LogP contribution is 2.32. The van der Waals surface area contributed by atoms with Crippen LogP contribution in [-0.2, 0) is 11.3 Å². The fourth-order valence-corrected chi connectivity index (χ4v) is 2.17. The lowest BCUT2D eigenvalue weighted by Crippen LogP contribution is -2.28. The molecule has 2 aromatic carbocycles. The van der Waals surface area contributed by atoms with Gasteiger partial charge in [0.1, 0.15) is 17.3 Å². The van der Waals surface area contributed by atoms with Crippen molar-refractivity contribution in [3.8, 4) is 11.5 Å². The van der Waals surface area contributed by atoms with Gasteiger partial charge in [-0.15, -0.1) is 0 Å². The molecule has 1 aliphatic heterocycles. The van der Waals surface area contributed by atoms with Gasteiger partial charge in [-0.05, 0) is 29.8 Å². The van der Waals surface area contributed by atoms with Crippen LogP contribution in [0, 0.1) is 11.6 Å². The van der Waals surface area contributed by atoms with Crippen LogP contribution in [0.25, 0.3) is 0 Å². The van der Waals surface area contributed by atoms with Crippen LogP contribution in [0.3, 0.4) is 0 Å². The summed E-state index contributed by atoms with van der Waals surface area (Å²) in [7, 11) is 0. The van der Waals surface area contributed by atoms with Crippen molar-refractivity contribution in [1.82, 2.24) is 5.32 Å². The second-order valence-corrected chi connectivity index (χ2v) is 4.94. The minimum atomic E-state index is -0.811. The Morgan fingerprint density at radius 2 is 1.83 bits per heavy atom. The molecule has 2 N–H and O–H groups in total. The number of ether oxygens (including phenoxy) is 2. The summed E-state index contributed by atoms with van der Waals surface area (Å²) in [6.45, 7) is 0.523. The molecule has 1 aliphatic rings. The SMILES string of the molecule is O=C(CNCc1ccc2c(c1)OCO2)Nc1c(F)cccc1F. The van der Waals surface area contributed by atoms with Crippen LogP contribution in [0.2, 0.25) is 0 Å². The van der Waals surface area contributed by atoms with Gasteiger partial charge in [0.25, 0.3) is 0 Å². The lowest BCUT2D eigenvalue weighted by atomic mass is 10.2. The molecule has 5 nitrogen and oxygen atoms in total. The summed E-state index contributed by atoms with van der Waals surface area (Å²) in [5.41, 5.74) is 0.460. The van der Waals surface area contributed by atoms with Gasteiger partial charge in [0.15, 0.2) is 11.5 Å². The first-order valence-electron chi connectivity index (χ1n) is 6.96.